The summed E-state index contributed by atoms with van der Waals surface area (Å²) < 4.78 is 0. The molecule has 0 aliphatic rings. The average molecular weight is 256 g/mol. The normalized spacial score (nSPS) is 13.5. The van der Waals surface area contributed by atoms with Gasteiger partial charge in [0.1, 0.15) is 6.26 Å². The van der Waals surface area contributed by atoms with Crippen LogP contribution in [0.4, 0.5) is 0 Å². The molecule has 3 nitrogen and oxygen atoms in total. The Bertz CT molecular complexity index is 549. The van der Waals surface area contributed by atoms with E-state index < -0.39 is 0 Å². The number of hydrogen-bond donors (Lipinski definition) is 2. The van der Waals surface area contributed by atoms with E-state index in [1.165, 1.54) is 0 Å². The first-order chi connectivity index (χ1) is 8.99. The molecule has 0 radical (unpaired) electrons. The summed E-state index contributed by atoms with van der Waals surface area (Å²) in [6.45, 7) is 9.91. The molecule has 0 fully saturated rings. The molecule has 1 heterocycles. The molecule has 100 valence electrons. The lowest BCUT2D eigenvalue weighted by Gasteiger charge is -2.09. The third kappa shape index (κ3) is 3.85. The Hall–Kier alpha value is -2.29. The summed E-state index contributed by atoms with van der Waals surface area (Å²) in [6, 6.07) is 3.72. The van der Waals surface area contributed by atoms with Crippen molar-refractivity contribution >= 4 is 11.3 Å². The van der Waals surface area contributed by atoms with Gasteiger partial charge in [0.15, 0.2) is 0 Å². The van der Waals surface area contributed by atoms with Crippen molar-refractivity contribution in [3.63, 3.8) is 0 Å². The van der Waals surface area contributed by atoms with E-state index in [0.717, 1.165) is 28.5 Å². The van der Waals surface area contributed by atoms with Crippen molar-refractivity contribution in [2.24, 2.45) is 5.73 Å². The second-order valence-electron chi connectivity index (χ2n) is 4.39. The topological polar surface area (TPSA) is 59.1 Å². The Morgan fingerprint density at radius 2 is 2.05 bits per heavy atom. The van der Waals surface area contributed by atoms with E-state index in [1.54, 1.807) is 12.3 Å². The molecule has 0 aliphatic heterocycles. The van der Waals surface area contributed by atoms with Crippen molar-refractivity contribution < 1.29 is 5.11 Å². The summed E-state index contributed by atoms with van der Waals surface area (Å²) in [5.74, 6) is 0. The van der Waals surface area contributed by atoms with E-state index in [9.17, 15) is 0 Å². The third-order valence-corrected chi connectivity index (χ3v) is 2.76. The Balaban J connectivity index is 3.23. The van der Waals surface area contributed by atoms with Crippen LogP contribution in [0.5, 0.6) is 0 Å². The first-order valence-electron chi connectivity index (χ1n) is 6.06. The Labute approximate surface area is 114 Å². The molecule has 0 atom stereocenters. The minimum Gasteiger partial charge on any atom is -0.513 e. The number of hydrogen-bond acceptors (Lipinski definition) is 3. The van der Waals surface area contributed by atoms with Gasteiger partial charge in [-0.1, -0.05) is 30.4 Å². The van der Waals surface area contributed by atoms with Crippen molar-refractivity contribution in [1.82, 2.24) is 4.98 Å². The monoisotopic (exact) mass is 256 g/mol. The molecule has 3 N–H and O–H groups in total. The highest BCUT2D eigenvalue weighted by atomic mass is 16.2. The quantitative estimate of drug-likeness (QED) is 0.636. The molecule has 1 aromatic heterocycles. The van der Waals surface area contributed by atoms with Gasteiger partial charge in [-0.3, -0.25) is 4.98 Å². The second kappa shape index (κ2) is 6.59. The molecule has 0 saturated carbocycles. The van der Waals surface area contributed by atoms with Crippen LogP contribution in [0.15, 0.2) is 54.5 Å². The van der Waals surface area contributed by atoms with Gasteiger partial charge >= 0.3 is 0 Å². The zero-order valence-corrected chi connectivity index (χ0v) is 11.6. The van der Waals surface area contributed by atoms with Gasteiger partial charge in [-0.25, -0.2) is 0 Å². The van der Waals surface area contributed by atoms with Crippen LogP contribution in [-0.4, -0.2) is 10.1 Å². The summed E-state index contributed by atoms with van der Waals surface area (Å²) in [6.07, 6.45) is 6.67. The van der Waals surface area contributed by atoms with E-state index in [1.807, 2.05) is 39.0 Å². The molecular weight excluding hydrogens is 236 g/mol. The van der Waals surface area contributed by atoms with Gasteiger partial charge < -0.3 is 10.8 Å². The van der Waals surface area contributed by atoms with Gasteiger partial charge in [0.05, 0.1) is 11.4 Å². The van der Waals surface area contributed by atoms with Crippen LogP contribution >= 0.6 is 0 Å². The maximum absolute atomic E-state index is 8.85. The van der Waals surface area contributed by atoms with Crippen LogP contribution in [0.2, 0.25) is 0 Å². The fraction of sp³-hybridized carbons (Fsp3) is 0.188. The Kier molecular flexibility index (Phi) is 5.12. The molecule has 0 unspecified atom stereocenters. The number of nitrogens with two attached hydrogens (primary N) is 1. The number of pyridine rings is 1. The lowest BCUT2D eigenvalue weighted by Crippen LogP contribution is -1.99. The van der Waals surface area contributed by atoms with Crippen molar-refractivity contribution in [3.8, 4) is 0 Å². The molecule has 0 amide bonds. The lowest BCUT2D eigenvalue weighted by atomic mass is 9.98. The number of nitrogens with zero attached hydrogens (tertiary/aromatic N) is 1. The van der Waals surface area contributed by atoms with E-state index >= 15 is 0 Å². The second-order valence-corrected chi connectivity index (χ2v) is 4.39. The number of aliphatic hydroxyl groups excluding tert-OH is 1. The van der Waals surface area contributed by atoms with Gasteiger partial charge in [-0.2, -0.15) is 0 Å². The predicted molar refractivity (Wildman–Crippen MR) is 81.3 cm³/mol. The van der Waals surface area contributed by atoms with E-state index in [-0.39, 0.29) is 5.70 Å². The molecule has 0 spiro atoms. The molecule has 3 heteroatoms. The maximum atomic E-state index is 8.85. The SMILES string of the molecule is C=C(C)/C=C(\C(C)=CC)c1ccc(/C(N)=C/O)nc1. The predicted octanol–water partition coefficient (Wildman–Crippen LogP) is 3.82. The standard InChI is InChI=1S/C16H20N2O/c1-5-12(4)14(8-11(2)3)13-6-7-16(18-9-13)15(17)10-19/h5-10,19H,2,17H2,1,3-4H3/b12-5?,14-8+,15-10-. The van der Waals surface area contributed by atoms with Crippen molar-refractivity contribution in [2.75, 3.05) is 0 Å². The summed E-state index contributed by atoms with van der Waals surface area (Å²) in [4.78, 5) is 4.24. The Morgan fingerprint density at radius 1 is 1.37 bits per heavy atom. The van der Waals surface area contributed by atoms with Crippen LogP contribution in [0.3, 0.4) is 0 Å². The fourth-order valence-corrected chi connectivity index (χ4v) is 1.62. The Morgan fingerprint density at radius 3 is 2.47 bits per heavy atom. The van der Waals surface area contributed by atoms with E-state index in [0.29, 0.717) is 5.69 Å². The zero-order chi connectivity index (χ0) is 14.4. The third-order valence-electron chi connectivity index (χ3n) is 2.76. The first kappa shape index (κ1) is 14.8. The maximum Gasteiger partial charge on any atom is 0.104 e. The number of aliphatic hydroxyl groups is 1. The number of aromatic nitrogens is 1. The molecule has 0 saturated heterocycles. The average Bonchev–Trinajstić information content (AvgIpc) is 2.43. The molecule has 1 aromatic rings. The van der Waals surface area contributed by atoms with Crippen molar-refractivity contribution in [3.05, 3.63) is 65.7 Å². The highest BCUT2D eigenvalue weighted by Crippen LogP contribution is 2.24. The molecular formula is C16H20N2O. The minimum absolute atomic E-state index is 0.250. The summed E-state index contributed by atoms with van der Waals surface area (Å²) >= 11 is 0. The minimum atomic E-state index is 0.250. The van der Waals surface area contributed by atoms with Crippen molar-refractivity contribution in [1.29, 1.82) is 0 Å². The van der Waals surface area contributed by atoms with Crippen LogP contribution in [0.1, 0.15) is 32.0 Å². The van der Waals surface area contributed by atoms with Gasteiger partial charge in [-0.05, 0) is 38.0 Å². The largest absolute Gasteiger partial charge is 0.513 e. The first-order valence-corrected chi connectivity index (χ1v) is 6.06. The molecule has 0 aromatic carbocycles. The van der Waals surface area contributed by atoms with E-state index in [4.69, 9.17) is 10.8 Å². The molecule has 0 aliphatic carbocycles. The molecule has 19 heavy (non-hydrogen) atoms. The van der Waals surface area contributed by atoms with Gasteiger partial charge in [0.2, 0.25) is 0 Å². The van der Waals surface area contributed by atoms with Crippen LogP contribution in [0, 0.1) is 0 Å². The van der Waals surface area contributed by atoms with Gasteiger partial charge in [-0.15, -0.1) is 0 Å². The highest BCUT2D eigenvalue weighted by molar-refractivity contribution is 5.80. The smallest absolute Gasteiger partial charge is 0.104 e. The molecule has 1 rings (SSSR count). The fourth-order valence-electron chi connectivity index (χ4n) is 1.62. The number of allylic oxidation sites excluding steroid dienone is 5. The van der Waals surface area contributed by atoms with Gasteiger partial charge in [0, 0.05) is 11.8 Å². The summed E-state index contributed by atoms with van der Waals surface area (Å²) in [5, 5.41) is 8.85. The van der Waals surface area contributed by atoms with E-state index in [2.05, 4.69) is 11.6 Å². The highest BCUT2D eigenvalue weighted by Gasteiger charge is 2.05. The van der Waals surface area contributed by atoms with Crippen LogP contribution < -0.4 is 5.73 Å². The van der Waals surface area contributed by atoms with Crippen molar-refractivity contribution in [2.45, 2.75) is 20.8 Å². The van der Waals surface area contributed by atoms with Crippen LogP contribution in [-0.2, 0) is 0 Å². The van der Waals surface area contributed by atoms with Crippen LogP contribution in [0.25, 0.3) is 11.3 Å². The summed E-state index contributed by atoms with van der Waals surface area (Å²) in [5.41, 5.74) is 10.6. The van der Waals surface area contributed by atoms with Gasteiger partial charge in [0.25, 0.3) is 0 Å². The zero-order valence-electron chi connectivity index (χ0n) is 11.6. The number of rotatable bonds is 4. The molecule has 0 bridgehead atoms. The summed E-state index contributed by atoms with van der Waals surface area (Å²) in [7, 11) is 0. The lowest BCUT2D eigenvalue weighted by molar-refractivity contribution is 0.475.